The zero-order chi connectivity index (χ0) is 14.6. The third-order valence-electron chi connectivity index (χ3n) is 3.38. The lowest BCUT2D eigenvalue weighted by molar-refractivity contribution is -0.137. The largest absolute Gasteiger partial charge is 0.418 e. The van der Waals surface area contributed by atoms with Gasteiger partial charge in [0.05, 0.1) is 24.8 Å². The molecule has 1 aromatic rings. The normalized spacial score (nSPS) is 20.2. The molecule has 0 aliphatic carbocycles. The van der Waals surface area contributed by atoms with Crippen molar-refractivity contribution in [1.29, 1.82) is 0 Å². The maximum Gasteiger partial charge on any atom is 0.418 e. The van der Waals surface area contributed by atoms with E-state index in [4.69, 9.17) is 4.74 Å². The molecule has 1 atom stereocenters. The summed E-state index contributed by atoms with van der Waals surface area (Å²) < 4.78 is 44.7. The first-order valence-electron chi connectivity index (χ1n) is 6.75. The minimum Gasteiger partial charge on any atom is -0.377 e. The second-order valence-corrected chi connectivity index (χ2v) is 4.74. The number of para-hydroxylation sites is 1. The molecule has 1 saturated heterocycles. The quantitative estimate of drug-likeness (QED) is 0.921. The molecule has 3 nitrogen and oxygen atoms in total. The van der Waals surface area contributed by atoms with E-state index >= 15 is 0 Å². The second-order valence-electron chi connectivity index (χ2n) is 4.74. The van der Waals surface area contributed by atoms with Gasteiger partial charge in [-0.2, -0.15) is 13.2 Å². The molecule has 1 fully saturated rings. The molecular formula is C14H19F3N2O. The summed E-state index contributed by atoms with van der Waals surface area (Å²) in [6, 6.07) is 5.66. The van der Waals surface area contributed by atoms with Gasteiger partial charge in [0, 0.05) is 18.8 Å². The molecule has 112 valence electrons. The number of benzene rings is 1. The number of nitrogens with zero attached hydrogens (tertiary/aromatic N) is 1. The fourth-order valence-corrected chi connectivity index (χ4v) is 2.42. The Morgan fingerprint density at radius 3 is 2.80 bits per heavy atom. The van der Waals surface area contributed by atoms with Gasteiger partial charge in [-0.05, 0) is 18.7 Å². The number of likely N-dealkylation sites (N-methyl/N-ethyl adjacent to an activating group) is 1. The molecule has 1 aliphatic rings. The predicted molar refractivity (Wildman–Crippen MR) is 71.9 cm³/mol. The van der Waals surface area contributed by atoms with Crippen LogP contribution in [0.2, 0.25) is 0 Å². The van der Waals surface area contributed by atoms with E-state index in [1.54, 1.807) is 11.0 Å². The van der Waals surface area contributed by atoms with Gasteiger partial charge in [-0.1, -0.05) is 19.1 Å². The zero-order valence-corrected chi connectivity index (χ0v) is 11.4. The fraction of sp³-hybridized carbons (Fsp3) is 0.571. The minimum absolute atomic E-state index is 0.0767. The monoisotopic (exact) mass is 288 g/mol. The maximum atomic E-state index is 13.1. The van der Waals surface area contributed by atoms with Gasteiger partial charge in [-0.3, -0.25) is 0 Å². The van der Waals surface area contributed by atoms with Gasteiger partial charge >= 0.3 is 6.18 Å². The van der Waals surface area contributed by atoms with Crippen molar-refractivity contribution in [3.8, 4) is 0 Å². The summed E-state index contributed by atoms with van der Waals surface area (Å²) in [5.74, 6) is 0. The number of hydrogen-bond acceptors (Lipinski definition) is 3. The Morgan fingerprint density at radius 1 is 1.35 bits per heavy atom. The van der Waals surface area contributed by atoms with Crippen molar-refractivity contribution in [2.24, 2.45) is 0 Å². The highest BCUT2D eigenvalue weighted by Crippen LogP contribution is 2.37. The van der Waals surface area contributed by atoms with Crippen molar-refractivity contribution >= 4 is 5.69 Å². The summed E-state index contributed by atoms with van der Waals surface area (Å²) in [5, 5.41) is 3.17. The van der Waals surface area contributed by atoms with Crippen LogP contribution in [-0.2, 0) is 10.9 Å². The summed E-state index contributed by atoms with van der Waals surface area (Å²) in [4.78, 5) is 1.80. The Morgan fingerprint density at radius 2 is 2.10 bits per heavy atom. The Bertz CT molecular complexity index is 437. The Hall–Kier alpha value is -1.27. The molecule has 0 radical (unpaired) electrons. The first kappa shape index (κ1) is 15.1. The van der Waals surface area contributed by atoms with Crippen molar-refractivity contribution in [3.63, 3.8) is 0 Å². The van der Waals surface area contributed by atoms with Crippen LogP contribution in [0.5, 0.6) is 0 Å². The lowest BCUT2D eigenvalue weighted by Gasteiger charge is -2.38. The molecule has 0 aromatic heterocycles. The van der Waals surface area contributed by atoms with Crippen molar-refractivity contribution in [1.82, 2.24) is 5.32 Å². The Balaban J connectivity index is 2.28. The van der Waals surface area contributed by atoms with E-state index in [1.165, 1.54) is 12.1 Å². The highest BCUT2D eigenvalue weighted by Gasteiger charge is 2.36. The van der Waals surface area contributed by atoms with Crippen LogP contribution in [0, 0.1) is 0 Å². The highest BCUT2D eigenvalue weighted by atomic mass is 19.4. The van der Waals surface area contributed by atoms with Crippen LogP contribution in [0.4, 0.5) is 18.9 Å². The van der Waals surface area contributed by atoms with E-state index in [1.807, 2.05) is 6.92 Å². The number of ether oxygens (including phenoxy) is 1. The molecule has 2 rings (SSSR count). The number of alkyl halides is 3. The van der Waals surface area contributed by atoms with E-state index in [0.29, 0.717) is 26.3 Å². The number of anilines is 1. The van der Waals surface area contributed by atoms with Gasteiger partial charge in [0.2, 0.25) is 0 Å². The third kappa shape index (κ3) is 3.43. The SMILES string of the molecule is CCNCC1COCCN1c1ccccc1C(F)(F)F. The summed E-state index contributed by atoms with van der Waals surface area (Å²) in [5.41, 5.74) is -0.338. The van der Waals surface area contributed by atoms with Gasteiger partial charge in [-0.25, -0.2) is 0 Å². The smallest absolute Gasteiger partial charge is 0.377 e. The molecule has 0 spiro atoms. The van der Waals surface area contributed by atoms with E-state index in [9.17, 15) is 13.2 Å². The zero-order valence-electron chi connectivity index (χ0n) is 11.4. The van der Waals surface area contributed by atoms with Crippen molar-refractivity contribution in [3.05, 3.63) is 29.8 Å². The molecule has 1 N–H and O–H groups in total. The number of nitrogens with one attached hydrogen (secondary N) is 1. The molecule has 0 amide bonds. The number of hydrogen-bond donors (Lipinski definition) is 1. The van der Waals surface area contributed by atoms with Crippen molar-refractivity contribution in [2.45, 2.75) is 19.1 Å². The van der Waals surface area contributed by atoms with Crippen LogP contribution in [0.1, 0.15) is 12.5 Å². The first-order valence-corrected chi connectivity index (χ1v) is 6.75. The lowest BCUT2D eigenvalue weighted by Crippen LogP contribution is -2.51. The van der Waals surface area contributed by atoms with E-state index < -0.39 is 11.7 Å². The Labute approximate surface area is 116 Å². The molecule has 20 heavy (non-hydrogen) atoms. The average Bonchev–Trinajstić information content (AvgIpc) is 2.44. The Kier molecular flexibility index (Phi) is 4.88. The standard InChI is InChI=1S/C14H19F3N2O/c1-2-18-9-11-10-20-8-7-19(11)13-6-4-3-5-12(13)14(15,16)17/h3-6,11,18H,2,7-10H2,1H3. The van der Waals surface area contributed by atoms with Crippen molar-refractivity contribution in [2.75, 3.05) is 37.7 Å². The van der Waals surface area contributed by atoms with Crippen molar-refractivity contribution < 1.29 is 17.9 Å². The van der Waals surface area contributed by atoms with Crippen LogP contribution >= 0.6 is 0 Å². The van der Waals surface area contributed by atoms with Crippen LogP contribution in [0.15, 0.2) is 24.3 Å². The topological polar surface area (TPSA) is 24.5 Å². The number of morpholine rings is 1. The molecule has 0 saturated carbocycles. The van der Waals surface area contributed by atoms with Gasteiger partial charge in [-0.15, -0.1) is 0 Å². The summed E-state index contributed by atoms with van der Waals surface area (Å²) >= 11 is 0. The average molecular weight is 288 g/mol. The van der Waals surface area contributed by atoms with Crippen LogP contribution < -0.4 is 10.2 Å². The molecule has 6 heteroatoms. The van der Waals surface area contributed by atoms with Gasteiger partial charge in [0.15, 0.2) is 0 Å². The van der Waals surface area contributed by atoms with Gasteiger partial charge in [0.1, 0.15) is 0 Å². The van der Waals surface area contributed by atoms with Gasteiger partial charge < -0.3 is 15.0 Å². The van der Waals surface area contributed by atoms with Crippen LogP contribution in [0.25, 0.3) is 0 Å². The lowest BCUT2D eigenvalue weighted by atomic mass is 10.1. The first-order chi connectivity index (χ1) is 9.54. The maximum absolute atomic E-state index is 13.1. The summed E-state index contributed by atoms with van der Waals surface area (Å²) in [6.45, 7) is 4.74. The van der Waals surface area contributed by atoms with E-state index in [2.05, 4.69) is 5.32 Å². The molecule has 1 unspecified atom stereocenters. The molecule has 1 heterocycles. The number of halogens is 3. The van der Waals surface area contributed by atoms with Gasteiger partial charge in [0.25, 0.3) is 0 Å². The fourth-order valence-electron chi connectivity index (χ4n) is 2.42. The molecule has 1 aliphatic heterocycles. The minimum atomic E-state index is -4.34. The third-order valence-corrected chi connectivity index (χ3v) is 3.38. The molecule has 0 bridgehead atoms. The molecular weight excluding hydrogens is 269 g/mol. The second kappa shape index (κ2) is 6.45. The summed E-state index contributed by atoms with van der Waals surface area (Å²) in [7, 11) is 0. The highest BCUT2D eigenvalue weighted by molar-refractivity contribution is 5.56. The van der Waals surface area contributed by atoms with Crippen LogP contribution in [-0.4, -0.2) is 38.9 Å². The van der Waals surface area contributed by atoms with E-state index in [0.717, 1.165) is 12.6 Å². The number of rotatable bonds is 4. The van der Waals surface area contributed by atoms with Crippen LogP contribution in [0.3, 0.4) is 0 Å². The molecule has 1 aromatic carbocycles. The van der Waals surface area contributed by atoms with E-state index in [-0.39, 0.29) is 11.7 Å². The summed E-state index contributed by atoms with van der Waals surface area (Å²) in [6.07, 6.45) is -4.34. The predicted octanol–water partition coefficient (Wildman–Crippen LogP) is 2.52.